The van der Waals surface area contributed by atoms with Crippen molar-refractivity contribution in [2.75, 3.05) is 46.4 Å². The number of amides is 2. The zero-order chi connectivity index (χ0) is 29.8. The van der Waals surface area contributed by atoms with Crippen LogP contribution in [0.15, 0.2) is 36.0 Å². The molecule has 0 aromatic heterocycles. The van der Waals surface area contributed by atoms with Crippen LogP contribution in [0, 0.1) is 11.8 Å². The third-order valence-corrected chi connectivity index (χ3v) is 8.25. The molecule has 41 heavy (non-hydrogen) atoms. The summed E-state index contributed by atoms with van der Waals surface area (Å²) < 4.78 is 17.4. The van der Waals surface area contributed by atoms with Crippen LogP contribution in [-0.4, -0.2) is 97.5 Å². The molecule has 0 saturated carbocycles. The van der Waals surface area contributed by atoms with Crippen LogP contribution in [0.25, 0.3) is 0 Å². The number of hydrogen-bond acceptors (Lipinski definition) is 7. The lowest BCUT2D eigenvalue weighted by molar-refractivity contribution is -0.148. The molecule has 0 unspecified atom stereocenters. The smallest absolute Gasteiger partial charge is 0.410 e. The molecular weight excluding hydrogens is 522 g/mol. The van der Waals surface area contributed by atoms with Gasteiger partial charge in [0.2, 0.25) is 0 Å². The molecule has 230 valence electrons. The Hall–Kier alpha value is -2.81. The Morgan fingerprint density at radius 1 is 1.02 bits per heavy atom. The number of nitrogens with zero attached hydrogens (tertiary/aromatic N) is 3. The number of likely N-dealkylation sites (tertiary alicyclic amines) is 1. The monoisotopic (exact) mass is 573 g/mol. The SMILES string of the molecule is C/C(=C\C=C\[C@@H](C)COC(=O)N1CCC[C@H]1C)[C@H]1OC(=O)CCCCC[C@@H](OC(=O)N2CCN(C)CC2)/C=C/[C@@H]1C. The Morgan fingerprint density at radius 3 is 2.49 bits per heavy atom. The van der Waals surface area contributed by atoms with E-state index >= 15 is 0 Å². The molecule has 9 heteroatoms. The van der Waals surface area contributed by atoms with Gasteiger partial charge in [0.1, 0.15) is 12.2 Å². The molecule has 3 heterocycles. The number of hydrogen-bond donors (Lipinski definition) is 0. The highest BCUT2D eigenvalue weighted by Crippen LogP contribution is 2.23. The first kappa shape index (κ1) is 32.7. The van der Waals surface area contributed by atoms with Crippen LogP contribution in [0.3, 0.4) is 0 Å². The molecule has 0 N–H and O–H groups in total. The highest BCUT2D eigenvalue weighted by atomic mass is 16.6. The Morgan fingerprint density at radius 2 is 1.78 bits per heavy atom. The van der Waals surface area contributed by atoms with Crippen molar-refractivity contribution in [2.24, 2.45) is 11.8 Å². The highest BCUT2D eigenvalue weighted by molar-refractivity contribution is 5.70. The second-order valence-corrected chi connectivity index (χ2v) is 12.0. The zero-order valence-electron chi connectivity index (χ0n) is 25.8. The predicted molar refractivity (Wildman–Crippen MR) is 159 cm³/mol. The van der Waals surface area contributed by atoms with Gasteiger partial charge in [-0.1, -0.05) is 44.6 Å². The summed E-state index contributed by atoms with van der Waals surface area (Å²) >= 11 is 0. The van der Waals surface area contributed by atoms with Gasteiger partial charge in [-0.25, -0.2) is 9.59 Å². The van der Waals surface area contributed by atoms with Crippen molar-refractivity contribution in [2.45, 2.75) is 90.9 Å². The maximum absolute atomic E-state index is 12.8. The van der Waals surface area contributed by atoms with Gasteiger partial charge in [0, 0.05) is 57.0 Å². The largest absolute Gasteiger partial charge is 0.457 e. The maximum Gasteiger partial charge on any atom is 0.410 e. The van der Waals surface area contributed by atoms with E-state index in [2.05, 4.69) is 18.9 Å². The number of allylic oxidation sites excluding steroid dienone is 2. The van der Waals surface area contributed by atoms with E-state index in [1.165, 1.54) is 0 Å². The third-order valence-electron chi connectivity index (χ3n) is 8.25. The second kappa shape index (κ2) is 16.6. The quantitative estimate of drug-likeness (QED) is 0.178. The number of cyclic esters (lactones) is 1. The zero-order valence-corrected chi connectivity index (χ0v) is 25.8. The van der Waals surface area contributed by atoms with E-state index < -0.39 is 6.10 Å². The Bertz CT molecular complexity index is 955. The molecule has 3 rings (SSSR count). The van der Waals surface area contributed by atoms with Crippen molar-refractivity contribution < 1.29 is 28.6 Å². The average molecular weight is 574 g/mol. The Labute approximate surface area is 246 Å². The third kappa shape index (κ3) is 10.8. The number of carbonyl (C=O) groups is 3. The lowest BCUT2D eigenvalue weighted by Crippen LogP contribution is -2.47. The van der Waals surface area contributed by atoms with Gasteiger partial charge < -0.3 is 28.9 Å². The molecule has 0 bridgehead atoms. The lowest BCUT2D eigenvalue weighted by Gasteiger charge is -2.32. The fourth-order valence-electron chi connectivity index (χ4n) is 5.43. The molecule has 0 aromatic rings. The highest BCUT2D eigenvalue weighted by Gasteiger charge is 2.27. The van der Waals surface area contributed by atoms with Gasteiger partial charge in [-0.3, -0.25) is 4.79 Å². The topological polar surface area (TPSA) is 88.6 Å². The van der Waals surface area contributed by atoms with Gasteiger partial charge >= 0.3 is 18.2 Å². The summed E-state index contributed by atoms with van der Waals surface area (Å²) in [6.45, 7) is 12.2. The van der Waals surface area contributed by atoms with Crippen molar-refractivity contribution in [3.8, 4) is 0 Å². The molecule has 2 amide bonds. The van der Waals surface area contributed by atoms with E-state index in [1.807, 2.05) is 51.2 Å². The molecule has 5 atom stereocenters. The summed E-state index contributed by atoms with van der Waals surface area (Å²) in [5.41, 5.74) is 0.921. The number of likely N-dealkylation sites (N-methyl/N-ethyl adjacent to an activating group) is 1. The van der Waals surface area contributed by atoms with Gasteiger partial charge in [0.15, 0.2) is 0 Å². The van der Waals surface area contributed by atoms with Gasteiger partial charge in [-0.15, -0.1) is 0 Å². The minimum Gasteiger partial charge on any atom is -0.457 e. The first-order valence-corrected chi connectivity index (χ1v) is 15.4. The molecule has 0 aromatic carbocycles. The van der Waals surface area contributed by atoms with Crippen LogP contribution < -0.4 is 0 Å². The second-order valence-electron chi connectivity index (χ2n) is 12.0. The molecule has 0 radical (unpaired) electrons. The van der Waals surface area contributed by atoms with E-state index in [9.17, 15) is 14.4 Å². The summed E-state index contributed by atoms with van der Waals surface area (Å²) in [7, 11) is 2.06. The normalized spacial score (nSPS) is 28.9. The fourth-order valence-corrected chi connectivity index (χ4v) is 5.43. The molecule has 3 aliphatic rings. The summed E-state index contributed by atoms with van der Waals surface area (Å²) in [5, 5.41) is 0. The summed E-state index contributed by atoms with van der Waals surface area (Å²) in [5.74, 6) is -0.247. The van der Waals surface area contributed by atoms with E-state index in [0.717, 1.165) is 63.7 Å². The van der Waals surface area contributed by atoms with E-state index in [4.69, 9.17) is 14.2 Å². The summed E-state index contributed by atoms with van der Waals surface area (Å²) in [4.78, 5) is 43.5. The lowest BCUT2D eigenvalue weighted by atomic mass is 9.95. The van der Waals surface area contributed by atoms with E-state index in [0.29, 0.717) is 26.1 Å². The van der Waals surface area contributed by atoms with Crippen LogP contribution in [0.2, 0.25) is 0 Å². The van der Waals surface area contributed by atoms with Crippen molar-refractivity contribution in [1.29, 1.82) is 0 Å². The van der Waals surface area contributed by atoms with E-state index in [-0.39, 0.29) is 42.1 Å². The van der Waals surface area contributed by atoms with Gasteiger partial charge in [-0.2, -0.15) is 0 Å². The van der Waals surface area contributed by atoms with Crippen LogP contribution in [0.4, 0.5) is 9.59 Å². The molecule has 9 nitrogen and oxygen atoms in total. The predicted octanol–water partition coefficient (Wildman–Crippen LogP) is 5.57. The van der Waals surface area contributed by atoms with Crippen molar-refractivity contribution in [3.05, 3.63) is 36.0 Å². The van der Waals surface area contributed by atoms with Crippen molar-refractivity contribution >= 4 is 18.2 Å². The Kier molecular flexibility index (Phi) is 13.2. The minimum absolute atomic E-state index is 0.0489. The maximum atomic E-state index is 12.8. The molecular formula is C32H51N3O6. The molecule has 3 aliphatic heterocycles. The van der Waals surface area contributed by atoms with Gasteiger partial charge in [-0.05, 0) is 64.6 Å². The number of ether oxygens (including phenoxy) is 3. The number of esters is 1. The number of rotatable bonds is 6. The summed E-state index contributed by atoms with van der Waals surface area (Å²) in [6.07, 6.45) is 14.3. The van der Waals surface area contributed by atoms with Crippen LogP contribution in [0.5, 0.6) is 0 Å². The van der Waals surface area contributed by atoms with Crippen molar-refractivity contribution in [3.63, 3.8) is 0 Å². The first-order valence-electron chi connectivity index (χ1n) is 15.4. The molecule has 2 saturated heterocycles. The number of carbonyl (C=O) groups excluding carboxylic acids is 3. The van der Waals surface area contributed by atoms with Gasteiger partial charge in [0.25, 0.3) is 0 Å². The van der Waals surface area contributed by atoms with Crippen molar-refractivity contribution in [1.82, 2.24) is 14.7 Å². The van der Waals surface area contributed by atoms with Crippen LogP contribution in [-0.2, 0) is 19.0 Å². The molecule has 0 aliphatic carbocycles. The minimum atomic E-state index is -0.429. The standard InChI is InChI=1S/C32H51N3O6/c1-24(23-39-32(38)35-18-10-13-27(35)4)11-9-12-25(2)30-26(3)16-17-28(14-7-6-8-15-29(36)41-30)40-31(37)34-21-19-33(5)20-22-34/h9,11-12,16-17,24,26-28,30H,6-8,10,13-15,18-23H2,1-5H3/b11-9+,17-16+,25-12+/t24-,26+,27-,28-,30-/m1/s1. The van der Waals surface area contributed by atoms with E-state index in [1.54, 1.807) is 9.80 Å². The van der Waals surface area contributed by atoms with Crippen LogP contribution >= 0.6 is 0 Å². The summed E-state index contributed by atoms with van der Waals surface area (Å²) in [6, 6.07) is 0.239. The average Bonchev–Trinajstić information content (AvgIpc) is 3.38. The first-order chi connectivity index (χ1) is 19.6. The Balaban J connectivity index is 1.59. The van der Waals surface area contributed by atoms with Crippen LogP contribution in [0.1, 0.15) is 72.6 Å². The van der Waals surface area contributed by atoms with Gasteiger partial charge in [0.05, 0.1) is 6.61 Å². The molecule has 2 fully saturated rings. The molecule has 0 spiro atoms. The number of piperazine rings is 1. The fraction of sp³-hybridized carbons (Fsp3) is 0.719.